The van der Waals surface area contributed by atoms with Crippen LogP contribution in [0.25, 0.3) is 5.82 Å². The van der Waals surface area contributed by atoms with Crippen LogP contribution in [0.1, 0.15) is 0 Å². The number of hydrogen-bond acceptors (Lipinski definition) is 5. The lowest BCUT2D eigenvalue weighted by Gasteiger charge is -1.97. The van der Waals surface area contributed by atoms with Crippen molar-refractivity contribution in [2.75, 3.05) is 6.26 Å². The average Bonchev–Trinajstić information content (AvgIpc) is 2.67. The minimum absolute atomic E-state index is 0.00995. The quantitative estimate of drug-likeness (QED) is 0.793. The van der Waals surface area contributed by atoms with E-state index >= 15 is 0 Å². The van der Waals surface area contributed by atoms with E-state index in [1.165, 1.54) is 17.1 Å². The lowest BCUT2D eigenvalue weighted by molar-refractivity contribution is 0.599. The highest BCUT2D eigenvalue weighted by Crippen LogP contribution is 2.10. The molecule has 16 heavy (non-hydrogen) atoms. The number of sulfone groups is 1. The van der Waals surface area contributed by atoms with Crippen molar-refractivity contribution in [1.29, 1.82) is 0 Å². The van der Waals surface area contributed by atoms with E-state index in [2.05, 4.69) is 15.2 Å². The summed E-state index contributed by atoms with van der Waals surface area (Å²) in [6.07, 6.45) is 3.81. The third-order valence-electron chi connectivity index (χ3n) is 1.82. The molecule has 2 rings (SSSR count). The summed E-state index contributed by atoms with van der Waals surface area (Å²) in [4.78, 5) is 3.76. The summed E-state index contributed by atoms with van der Waals surface area (Å²) in [5, 5.41) is 7.70. The van der Waals surface area contributed by atoms with Gasteiger partial charge in [-0.25, -0.2) is 13.4 Å². The highest BCUT2D eigenvalue weighted by Gasteiger charge is 2.11. The Kier molecular flexibility index (Phi) is 2.64. The molecule has 0 spiro atoms. The van der Waals surface area contributed by atoms with E-state index in [-0.39, 0.29) is 10.2 Å². The molecule has 0 bridgehead atoms. The van der Waals surface area contributed by atoms with Crippen molar-refractivity contribution < 1.29 is 8.42 Å². The molecule has 0 aliphatic rings. The topological polar surface area (TPSA) is 77.7 Å². The number of aromatic nitrogens is 4. The standard InChI is InChI=1S/C8H7ClN4O2S/c1-16(14,15)8-4-13(5-10-8)7-3-2-6(9)11-12-7/h2-5H,1H3. The zero-order valence-corrected chi connectivity index (χ0v) is 9.77. The fraction of sp³-hybridized carbons (Fsp3) is 0.125. The van der Waals surface area contributed by atoms with Gasteiger partial charge < -0.3 is 0 Å². The summed E-state index contributed by atoms with van der Waals surface area (Å²) in [6.45, 7) is 0. The van der Waals surface area contributed by atoms with Gasteiger partial charge in [0.25, 0.3) is 0 Å². The second-order valence-electron chi connectivity index (χ2n) is 3.11. The highest BCUT2D eigenvalue weighted by atomic mass is 35.5. The van der Waals surface area contributed by atoms with Gasteiger partial charge in [0.15, 0.2) is 25.8 Å². The molecule has 2 heterocycles. The van der Waals surface area contributed by atoms with Crippen LogP contribution in [0.3, 0.4) is 0 Å². The fourth-order valence-electron chi connectivity index (χ4n) is 1.07. The minimum Gasteiger partial charge on any atom is -0.288 e. The lowest BCUT2D eigenvalue weighted by atomic mass is 10.5. The molecule has 0 saturated carbocycles. The van der Waals surface area contributed by atoms with E-state index in [1.807, 2.05) is 0 Å². The smallest absolute Gasteiger partial charge is 0.194 e. The van der Waals surface area contributed by atoms with Crippen LogP contribution >= 0.6 is 11.6 Å². The normalized spacial score (nSPS) is 11.6. The van der Waals surface area contributed by atoms with Crippen molar-refractivity contribution in [3.63, 3.8) is 0 Å². The van der Waals surface area contributed by atoms with E-state index in [1.54, 1.807) is 12.1 Å². The van der Waals surface area contributed by atoms with Crippen LogP contribution in [0, 0.1) is 0 Å². The summed E-state index contributed by atoms with van der Waals surface area (Å²) in [5.41, 5.74) is 0. The molecule has 0 N–H and O–H groups in total. The predicted molar refractivity (Wildman–Crippen MR) is 57.3 cm³/mol. The molecule has 6 nitrogen and oxygen atoms in total. The summed E-state index contributed by atoms with van der Waals surface area (Å²) >= 11 is 5.58. The van der Waals surface area contributed by atoms with Crippen LogP contribution in [-0.2, 0) is 9.84 Å². The van der Waals surface area contributed by atoms with E-state index in [4.69, 9.17) is 11.6 Å². The molecule has 0 radical (unpaired) electrons. The van der Waals surface area contributed by atoms with Crippen LogP contribution in [0.15, 0.2) is 29.7 Å². The highest BCUT2D eigenvalue weighted by molar-refractivity contribution is 7.90. The van der Waals surface area contributed by atoms with Gasteiger partial charge in [0.2, 0.25) is 0 Å². The first-order valence-corrected chi connectivity index (χ1v) is 6.47. The van der Waals surface area contributed by atoms with Gasteiger partial charge in [-0.05, 0) is 12.1 Å². The van der Waals surface area contributed by atoms with E-state index < -0.39 is 9.84 Å². The number of hydrogen-bond donors (Lipinski definition) is 0. The first-order valence-electron chi connectivity index (χ1n) is 4.20. The Morgan fingerprint density at radius 3 is 2.56 bits per heavy atom. The van der Waals surface area contributed by atoms with Crippen molar-refractivity contribution in [2.24, 2.45) is 0 Å². The van der Waals surface area contributed by atoms with Crippen LogP contribution in [0.4, 0.5) is 0 Å². The van der Waals surface area contributed by atoms with E-state index in [0.29, 0.717) is 5.82 Å². The van der Waals surface area contributed by atoms with Crippen LogP contribution in [-0.4, -0.2) is 34.4 Å². The predicted octanol–water partition coefficient (Wildman–Crippen LogP) is 0.719. The zero-order chi connectivity index (χ0) is 11.8. The first-order chi connectivity index (χ1) is 7.47. The molecule has 0 aliphatic heterocycles. The molecule has 8 heteroatoms. The number of rotatable bonds is 2. The molecule has 2 aromatic rings. The maximum atomic E-state index is 11.2. The maximum absolute atomic E-state index is 11.2. The zero-order valence-electron chi connectivity index (χ0n) is 8.20. The molecule has 2 aromatic heterocycles. The monoisotopic (exact) mass is 258 g/mol. The molecule has 0 aliphatic carbocycles. The van der Waals surface area contributed by atoms with Crippen molar-refractivity contribution in [3.8, 4) is 5.82 Å². The Hall–Kier alpha value is -1.47. The van der Waals surface area contributed by atoms with Crippen LogP contribution in [0.2, 0.25) is 5.15 Å². The van der Waals surface area contributed by atoms with Crippen molar-refractivity contribution in [3.05, 3.63) is 29.8 Å². The average molecular weight is 259 g/mol. The van der Waals surface area contributed by atoms with Crippen LogP contribution < -0.4 is 0 Å². The molecule has 0 unspecified atom stereocenters. The van der Waals surface area contributed by atoms with Crippen molar-refractivity contribution in [1.82, 2.24) is 19.7 Å². The third-order valence-corrected chi connectivity index (χ3v) is 2.99. The Morgan fingerprint density at radius 2 is 2.06 bits per heavy atom. The molecule has 0 fully saturated rings. The van der Waals surface area contributed by atoms with E-state index in [0.717, 1.165) is 6.26 Å². The number of nitrogens with zero attached hydrogens (tertiary/aromatic N) is 4. The number of imidazole rings is 1. The van der Waals surface area contributed by atoms with Gasteiger partial charge in [0.05, 0.1) is 0 Å². The molecule has 0 atom stereocenters. The third kappa shape index (κ3) is 2.20. The van der Waals surface area contributed by atoms with Gasteiger partial charge in [-0.3, -0.25) is 4.57 Å². The Morgan fingerprint density at radius 1 is 1.31 bits per heavy atom. The van der Waals surface area contributed by atoms with E-state index in [9.17, 15) is 8.42 Å². The molecule has 0 saturated heterocycles. The summed E-state index contributed by atoms with van der Waals surface area (Å²) in [5.74, 6) is 0.451. The molecular weight excluding hydrogens is 252 g/mol. The maximum Gasteiger partial charge on any atom is 0.194 e. The Labute approximate surface area is 96.8 Å². The molecule has 84 valence electrons. The van der Waals surface area contributed by atoms with Gasteiger partial charge in [-0.2, -0.15) is 0 Å². The second kappa shape index (κ2) is 3.84. The van der Waals surface area contributed by atoms with Crippen LogP contribution in [0.5, 0.6) is 0 Å². The van der Waals surface area contributed by atoms with Crippen molar-refractivity contribution >= 4 is 21.4 Å². The summed E-state index contributed by atoms with van der Waals surface area (Å²) in [7, 11) is -3.30. The SMILES string of the molecule is CS(=O)(=O)c1cn(-c2ccc(Cl)nn2)cn1. The Balaban J connectivity index is 2.43. The first kappa shape index (κ1) is 11.0. The van der Waals surface area contributed by atoms with Gasteiger partial charge in [0, 0.05) is 12.5 Å². The molecule has 0 aromatic carbocycles. The number of halogens is 1. The molecular formula is C8H7ClN4O2S. The summed E-state index contributed by atoms with van der Waals surface area (Å²) < 4.78 is 23.9. The fourth-order valence-corrected chi connectivity index (χ4v) is 1.71. The summed E-state index contributed by atoms with van der Waals surface area (Å²) in [6, 6.07) is 3.17. The Bertz CT molecular complexity index is 605. The van der Waals surface area contributed by atoms with Gasteiger partial charge >= 0.3 is 0 Å². The van der Waals surface area contributed by atoms with Gasteiger partial charge in [0.1, 0.15) is 6.33 Å². The molecule has 0 amide bonds. The van der Waals surface area contributed by atoms with Crippen molar-refractivity contribution in [2.45, 2.75) is 5.03 Å². The second-order valence-corrected chi connectivity index (χ2v) is 5.46. The van der Waals surface area contributed by atoms with Gasteiger partial charge in [-0.15, -0.1) is 10.2 Å². The largest absolute Gasteiger partial charge is 0.288 e. The lowest BCUT2D eigenvalue weighted by Crippen LogP contribution is -1.98. The van der Waals surface area contributed by atoms with Gasteiger partial charge in [-0.1, -0.05) is 11.6 Å². The minimum atomic E-state index is -3.30.